The quantitative estimate of drug-likeness (QED) is 0.786. The number of alkyl halides is 3. The number of aliphatic imine (C=N–C) groups is 1. The molecule has 0 atom stereocenters. The Hall–Kier alpha value is -1.27. The summed E-state index contributed by atoms with van der Waals surface area (Å²) < 4.78 is 32.1. The summed E-state index contributed by atoms with van der Waals surface area (Å²) >= 11 is 11.7. The van der Waals surface area contributed by atoms with Gasteiger partial charge in [-0.3, -0.25) is 9.79 Å². The molecule has 1 aromatic carbocycles. The maximum Gasteiger partial charge on any atom is 0.470 e. The largest absolute Gasteiger partial charge is 0.470 e. The van der Waals surface area contributed by atoms with Crippen LogP contribution in [0.5, 0.6) is 0 Å². The Kier molecular flexibility index (Phi) is 5.20. The van der Waals surface area contributed by atoms with Crippen LogP contribution in [0.25, 0.3) is 0 Å². The van der Waals surface area contributed by atoms with E-state index in [4.69, 9.17) is 28.0 Å². The Morgan fingerprint density at radius 1 is 1.26 bits per heavy atom. The zero-order chi connectivity index (χ0) is 14.6. The molecule has 0 unspecified atom stereocenters. The van der Waals surface area contributed by atoms with Crippen molar-refractivity contribution < 1.29 is 18.0 Å². The van der Waals surface area contributed by atoms with Gasteiger partial charge in [-0.05, 0) is 29.7 Å². The van der Waals surface area contributed by atoms with Gasteiger partial charge in [0.2, 0.25) is 0 Å². The molecule has 1 aromatic rings. The van der Waals surface area contributed by atoms with Crippen LogP contribution in [0.3, 0.4) is 0 Å². The molecule has 0 aliphatic carbocycles. The van der Waals surface area contributed by atoms with Gasteiger partial charge in [-0.2, -0.15) is 13.2 Å². The summed E-state index contributed by atoms with van der Waals surface area (Å²) in [5, 5.41) is 1.23. The maximum absolute atomic E-state index is 10.7. The lowest BCUT2D eigenvalue weighted by Gasteiger charge is -2.10. The summed E-state index contributed by atoms with van der Waals surface area (Å²) in [7, 11) is 0. The number of primary amides is 1. The molecule has 0 radical (unpaired) electrons. The summed E-state index contributed by atoms with van der Waals surface area (Å²) in [5.74, 6) is -2.26. The highest BCUT2D eigenvalue weighted by Crippen LogP contribution is 2.26. The Balaban J connectivity index is 0.000000224. The van der Waals surface area contributed by atoms with Crippen molar-refractivity contribution in [2.75, 3.05) is 6.54 Å². The van der Waals surface area contributed by atoms with E-state index in [1.807, 2.05) is 18.3 Å². The van der Waals surface area contributed by atoms with Crippen molar-refractivity contribution in [1.82, 2.24) is 0 Å². The first-order valence-corrected chi connectivity index (χ1v) is 5.81. The fourth-order valence-electron chi connectivity index (χ4n) is 1.29. The van der Waals surface area contributed by atoms with Gasteiger partial charge >= 0.3 is 12.1 Å². The summed E-state index contributed by atoms with van der Waals surface area (Å²) in [6.07, 6.45) is -2.05. The molecule has 0 saturated carbocycles. The van der Waals surface area contributed by atoms with Gasteiger partial charge in [-0.25, -0.2) is 0 Å². The third kappa shape index (κ3) is 4.72. The van der Waals surface area contributed by atoms with Gasteiger partial charge in [0.15, 0.2) is 0 Å². The lowest BCUT2D eigenvalue weighted by atomic mass is 10.0. The van der Waals surface area contributed by atoms with Crippen LogP contribution < -0.4 is 5.73 Å². The second-order valence-corrected chi connectivity index (χ2v) is 4.43. The lowest BCUT2D eigenvalue weighted by molar-refractivity contribution is -0.169. The van der Waals surface area contributed by atoms with Crippen LogP contribution in [0.1, 0.15) is 11.1 Å². The molecule has 2 N–H and O–H groups in total. The molecule has 0 saturated heterocycles. The summed E-state index contributed by atoms with van der Waals surface area (Å²) in [4.78, 5) is 13.3. The van der Waals surface area contributed by atoms with Gasteiger partial charge in [0.25, 0.3) is 0 Å². The average molecular weight is 313 g/mol. The Bertz CT molecular complexity index is 515. The third-order valence-corrected chi connectivity index (χ3v) is 2.92. The van der Waals surface area contributed by atoms with Crippen molar-refractivity contribution in [3.63, 3.8) is 0 Å². The molecule has 0 bridgehead atoms. The normalized spacial score (nSPS) is 13.3. The molecule has 0 spiro atoms. The molecule has 8 heteroatoms. The van der Waals surface area contributed by atoms with Gasteiger partial charge in [0.05, 0.1) is 10.0 Å². The molecule has 0 aromatic heterocycles. The number of rotatable bonds is 0. The summed E-state index contributed by atoms with van der Waals surface area (Å²) in [5.41, 5.74) is 6.13. The van der Waals surface area contributed by atoms with E-state index in [1.165, 1.54) is 5.56 Å². The zero-order valence-corrected chi connectivity index (χ0v) is 11.0. The number of hydrogen-bond donors (Lipinski definition) is 1. The van der Waals surface area contributed by atoms with Crippen molar-refractivity contribution in [2.45, 2.75) is 12.6 Å². The fraction of sp³-hybridized carbons (Fsp3) is 0.273. The number of benzene rings is 1. The Morgan fingerprint density at radius 3 is 2.32 bits per heavy atom. The average Bonchev–Trinajstić information content (AvgIpc) is 2.30. The molecule has 1 amide bonds. The number of nitrogens with zero attached hydrogens (tertiary/aromatic N) is 1. The number of hydrogen-bond acceptors (Lipinski definition) is 2. The lowest BCUT2D eigenvalue weighted by Crippen LogP contribution is -2.30. The number of fused-ring (bicyclic) bond motifs is 1. The van der Waals surface area contributed by atoms with Gasteiger partial charge in [0.1, 0.15) is 0 Å². The van der Waals surface area contributed by atoms with Crippen molar-refractivity contribution in [1.29, 1.82) is 0 Å². The molecule has 3 nitrogen and oxygen atoms in total. The van der Waals surface area contributed by atoms with Crippen molar-refractivity contribution in [3.8, 4) is 0 Å². The molecule has 1 aliphatic rings. The van der Waals surface area contributed by atoms with Crippen LogP contribution >= 0.6 is 23.2 Å². The summed E-state index contributed by atoms with van der Waals surface area (Å²) in [6.45, 7) is 0.852. The Morgan fingerprint density at radius 2 is 1.79 bits per heavy atom. The van der Waals surface area contributed by atoms with E-state index in [9.17, 15) is 13.2 Å². The number of nitrogens with two attached hydrogens (primary N) is 1. The topological polar surface area (TPSA) is 55.4 Å². The second kappa shape index (κ2) is 6.25. The van der Waals surface area contributed by atoms with Crippen LogP contribution in [0.4, 0.5) is 13.2 Å². The third-order valence-electron chi connectivity index (χ3n) is 2.20. The highest BCUT2D eigenvalue weighted by molar-refractivity contribution is 6.42. The van der Waals surface area contributed by atoms with E-state index in [0.717, 1.165) is 18.5 Å². The number of carbonyl (C=O) groups is 1. The molecule has 1 aliphatic heterocycles. The van der Waals surface area contributed by atoms with Crippen LogP contribution in [0.2, 0.25) is 10.0 Å². The first-order valence-electron chi connectivity index (χ1n) is 5.06. The number of halogens is 5. The minimum absolute atomic E-state index is 0.601. The molecule has 19 heavy (non-hydrogen) atoms. The minimum Gasteiger partial charge on any atom is -0.362 e. The SMILES string of the molecule is Clc1cc2c(cc1Cl)CCN=C2.NC(=O)C(F)(F)F. The number of amides is 1. The molecule has 104 valence electrons. The highest BCUT2D eigenvalue weighted by Gasteiger charge is 2.35. The predicted octanol–water partition coefficient (Wildman–Crippen LogP) is 3.00. The van der Waals surface area contributed by atoms with Gasteiger partial charge in [-0.1, -0.05) is 23.2 Å². The smallest absolute Gasteiger partial charge is 0.362 e. The van der Waals surface area contributed by atoms with Crippen LogP contribution in [0.15, 0.2) is 17.1 Å². The van der Waals surface area contributed by atoms with E-state index in [2.05, 4.69) is 10.7 Å². The highest BCUT2D eigenvalue weighted by atomic mass is 35.5. The van der Waals surface area contributed by atoms with Crippen LogP contribution in [-0.2, 0) is 11.2 Å². The fourth-order valence-corrected chi connectivity index (χ4v) is 1.65. The Labute approximate surface area is 117 Å². The second-order valence-electron chi connectivity index (χ2n) is 3.61. The van der Waals surface area contributed by atoms with Gasteiger partial charge < -0.3 is 5.73 Å². The standard InChI is InChI=1S/C9H7Cl2N.C2H2F3NO/c10-8-3-6-1-2-12-5-7(6)4-9(8)11;3-2(4,5)1(6)7/h3-5H,1-2H2;(H2,6,7). The predicted molar refractivity (Wildman–Crippen MR) is 67.9 cm³/mol. The first-order chi connectivity index (χ1) is 8.71. The molecular formula is C11H9Cl2F3N2O. The van der Waals surface area contributed by atoms with E-state index in [1.54, 1.807) is 0 Å². The van der Waals surface area contributed by atoms with E-state index in [0.29, 0.717) is 10.0 Å². The zero-order valence-electron chi connectivity index (χ0n) is 9.47. The minimum atomic E-state index is -4.86. The van der Waals surface area contributed by atoms with Crippen molar-refractivity contribution in [3.05, 3.63) is 33.3 Å². The molecule has 2 rings (SSSR count). The van der Waals surface area contributed by atoms with E-state index in [-0.39, 0.29) is 0 Å². The van der Waals surface area contributed by atoms with E-state index < -0.39 is 12.1 Å². The van der Waals surface area contributed by atoms with Crippen LogP contribution in [0, 0.1) is 0 Å². The number of carbonyl (C=O) groups excluding carboxylic acids is 1. The van der Waals surface area contributed by atoms with Crippen molar-refractivity contribution >= 4 is 35.3 Å². The summed E-state index contributed by atoms with van der Waals surface area (Å²) in [6, 6.07) is 3.78. The monoisotopic (exact) mass is 312 g/mol. The van der Waals surface area contributed by atoms with E-state index >= 15 is 0 Å². The van der Waals surface area contributed by atoms with Gasteiger partial charge in [0, 0.05) is 12.8 Å². The maximum atomic E-state index is 10.7. The molecule has 1 heterocycles. The molecule has 0 fully saturated rings. The first kappa shape index (κ1) is 15.8. The van der Waals surface area contributed by atoms with Gasteiger partial charge in [-0.15, -0.1) is 0 Å². The molecular weight excluding hydrogens is 304 g/mol. The van der Waals surface area contributed by atoms with Crippen LogP contribution in [-0.4, -0.2) is 24.8 Å². The van der Waals surface area contributed by atoms with Crippen molar-refractivity contribution in [2.24, 2.45) is 10.7 Å².